The van der Waals surface area contributed by atoms with E-state index in [9.17, 15) is 14.4 Å². The van der Waals surface area contributed by atoms with E-state index < -0.39 is 11.2 Å². The predicted octanol–water partition coefficient (Wildman–Crippen LogP) is 1.32. The van der Waals surface area contributed by atoms with Gasteiger partial charge in [0.2, 0.25) is 5.91 Å². The monoisotopic (exact) mass is 711 g/mol. The molecule has 0 atom stereocenters. The molecule has 3 amide bonds. The number of nitrogens with two attached hydrogens (primary N) is 2. The van der Waals surface area contributed by atoms with E-state index in [1.165, 1.54) is 6.08 Å². The van der Waals surface area contributed by atoms with Crippen LogP contribution in [0.2, 0.25) is 0 Å². The van der Waals surface area contributed by atoms with Crippen LogP contribution in [0.5, 0.6) is 0 Å². The first-order valence-electron chi connectivity index (χ1n) is 18.3. The number of nitrogens with one attached hydrogen (secondary N) is 3. The fourth-order valence-electron chi connectivity index (χ4n) is 7.32. The van der Waals surface area contributed by atoms with E-state index >= 15 is 0 Å². The molecule has 5 aliphatic rings. The summed E-state index contributed by atoms with van der Waals surface area (Å²) in [5, 5.41) is 12.5. The highest BCUT2D eigenvalue weighted by Gasteiger charge is 2.41. The van der Waals surface area contributed by atoms with Crippen molar-refractivity contribution in [1.82, 2.24) is 35.2 Å². The molecule has 3 aliphatic heterocycles. The van der Waals surface area contributed by atoms with Gasteiger partial charge in [0.25, 0.3) is 11.8 Å². The number of benzene rings is 1. The highest BCUT2D eigenvalue weighted by atomic mass is 16.2. The van der Waals surface area contributed by atoms with Crippen molar-refractivity contribution in [1.29, 1.82) is 0 Å². The minimum absolute atomic E-state index is 0.0224. The van der Waals surface area contributed by atoms with Crippen molar-refractivity contribution in [3.05, 3.63) is 83.0 Å². The van der Waals surface area contributed by atoms with Crippen molar-refractivity contribution in [3.8, 4) is 11.1 Å². The van der Waals surface area contributed by atoms with Crippen molar-refractivity contribution in [2.75, 3.05) is 43.4 Å². The molecular formula is C37H43B2N11O3. The zero-order chi connectivity index (χ0) is 37.0. The molecule has 2 aromatic heterocycles. The third kappa shape index (κ3) is 6.87. The van der Waals surface area contributed by atoms with Crippen molar-refractivity contribution >= 4 is 44.8 Å². The molecule has 0 unspecified atom stereocenters. The second-order valence-electron chi connectivity index (χ2n) is 14.9. The van der Waals surface area contributed by atoms with Crippen LogP contribution in [-0.2, 0) is 21.5 Å². The van der Waals surface area contributed by atoms with Gasteiger partial charge in [-0.2, -0.15) is 5.10 Å². The van der Waals surface area contributed by atoms with Crippen LogP contribution in [0.3, 0.4) is 0 Å². The number of amides is 3. The Hall–Kier alpha value is -5.24. The van der Waals surface area contributed by atoms with Gasteiger partial charge in [-0.15, -0.1) is 0 Å². The molecule has 4 radical (unpaired) electrons. The number of nitrogens with zero attached hydrogens (tertiary/aromatic N) is 6. The maximum absolute atomic E-state index is 13.1. The van der Waals surface area contributed by atoms with Gasteiger partial charge < -0.3 is 42.1 Å². The average molecular weight is 711 g/mol. The van der Waals surface area contributed by atoms with Crippen LogP contribution in [0.15, 0.2) is 65.9 Å². The van der Waals surface area contributed by atoms with Gasteiger partial charge in [-0.25, -0.2) is 4.98 Å². The zero-order valence-corrected chi connectivity index (χ0v) is 29.8. The second-order valence-corrected chi connectivity index (χ2v) is 14.9. The first kappa shape index (κ1) is 34.8. The highest BCUT2D eigenvalue weighted by molar-refractivity contribution is 6.39. The quantitative estimate of drug-likeness (QED) is 0.111. The maximum Gasteiger partial charge on any atom is 0.272 e. The number of anilines is 2. The van der Waals surface area contributed by atoms with Crippen molar-refractivity contribution in [2.24, 2.45) is 17.4 Å². The number of allylic oxidation sites excluding steroid dienone is 1. The summed E-state index contributed by atoms with van der Waals surface area (Å²) in [5.41, 5.74) is 18.3. The van der Waals surface area contributed by atoms with Gasteiger partial charge in [-0.3, -0.25) is 19.1 Å². The predicted molar refractivity (Wildman–Crippen MR) is 202 cm³/mol. The van der Waals surface area contributed by atoms with Gasteiger partial charge in [0.1, 0.15) is 17.2 Å². The van der Waals surface area contributed by atoms with Crippen LogP contribution in [0, 0.1) is 5.92 Å². The fourth-order valence-corrected chi connectivity index (χ4v) is 7.32. The van der Waals surface area contributed by atoms with Crippen molar-refractivity contribution < 1.29 is 14.4 Å². The van der Waals surface area contributed by atoms with Gasteiger partial charge in [0.05, 0.1) is 57.2 Å². The zero-order valence-electron chi connectivity index (χ0n) is 29.8. The Morgan fingerprint density at radius 2 is 1.72 bits per heavy atom. The van der Waals surface area contributed by atoms with Crippen molar-refractivity contribution in [2.45, 2.75) is 62.5 Å². The lowest BCUT2D eigenvalue weighted by atomic mass is 9.57. The van der Waals surface area contributed by atoms with Gasteiger partial charge in [0.15, 0.2) is 0 Å². The molecule has 14 nitrogen and oxygen atoms in total. The normalized spacial score (nSPS) is 19.5. The van der Waals surface area contributed by atoms with E-state index in [1.54, 1.807) is 18.2 Å². The molecule has 0 bridgehead atoms. The number of fused-ring (bicyclic) bond motifs is 3. The SMILES string of the molecule is [B]C([B])(c1cccc(C(=O)N2CCCC2)n1)N1CC(n2ncc3c2CN(C)c2c(NC(/C=C(\N)NC(=O)C4CC4)=C(/N)C(=O)NC4CC4)cccc2-3)C1. The molecule has 0 spiro atoms. The lowest BCUT2D eigenvalue weighted by molar-refractivity contribution is -0.121. The van der Waals surface area contributed by atoms with E-state index in [1.807, 2.05) is 45.9 Å². The van der Waals surface area contributed by atoms with Crippen molar-refractivity contribution in [3.63, 3.8) is 0 Å². The van der Waals surface area contributed by atoms with E-state index in [0.717, 1.165) is 74.1 Å². The number of aromatic nitrogens is 3. The lowest BCUT2D eigenvalue weighted by Crippen LogP contribution is -2.60. The Morgan fingerprint density at radius 1 is 0.981 bits per heavy atom. The van der Waals surface area contributed by atoms with E-state index in [-0.39, 0.29) is 47.0 Å². The van der Waals surface area contributed by atoms with Crippen LogP contribution in [-0.4, -0.2) is 97.2 Å². The van der Waals surface area contributed by atoms with Gasteiger partial charge in [-0.05, 0) is 62.1 Å². The van der Waals surface area contributed by atoms with Crippen LogP contribution < -0.4 is 32.3 Å². The number of hydrogen-bond donors (Lipinski definition) is 5. The summed E-state index contributed by atoms with van der Waals surface area (Å²) in [4.78, 5) is 49.0. The second kappa shape index (κ2) is 13.6. The van der Waals surface area contributed by atoms with Crippen LogP contribution in [0.4, 0.5) is 11.4 Å². The summed E-state index contributed by atoms with van der Waals surface area (Å²) in [5.74, 6) is -0.582. The molecule has 16 heteroatoms. The largest absolute Gasteiger partial charge is 0.393 e. The summed E-state index contributed by atoms with van der Waals surface area (Å²) in [6, 6.07) is 11.3. The number of pyridine rings is 1. The summed E-state index contributed by atoms with van der Waals surface area (Å²) >= 11 is 0. The molecular weight excluding hydrogens is 668 g/mol. The van der Waals surface area contributed by atoms with E-state index in [2.05, 4.69) is 25.8 Å². The lowest BCUT2D eigenvalue weighted by Gasteiger charge is -2.50. The minimum Gasteiger partial charge on any atom is -0.393 e. The standard InChI is InChI=1S/C37H43B2N11O3/c1-47-20-29-25(17-42-50(29)23-18-49(19-23)37(38,39)30-9-5-8-27(45-30)36(53)48-14-2-3-15-48)24-6-4-7-26(33(24)47)44-28(32(41)35(52)43-22-12-13-22)16-31(40)46-34(51)21-10-11-21/h4-9,16-17,21-23,44H,2-3,10-15,18-20,40-41H2,1H3,(H,43,52)(H,46,51)/b31-16+,32-28+. The molecule has 2 saturated carbocycles. The topological polar surface area (TPSA) is 180 Å². The molecule has 270 valence electrons. The maximum atomic E-state index is 13.1. The Morgan fingerprint density at radius 3 is 2.43 bits per heavy atom. The van der Waals surface area contributed by atoms with Crippen LogP contribution in [0.1, 0.15) is 66.4 Å². The Balaban J connectivity index is 1.01. The molecule has 1 aromatic carbocycles. The Kier molecular flexibility index (Phi) is 8.96. The average Bonchev–Trinajstić information content (AvgIpc) is 4.04. The van der Waals surface area contributed by atoms with Gasteiger partial charge >= 0.3 is 0 Å². The molecule has 7 N–H and O–H groups in total. The third-order valence-electron chi connectivity index (χ3n) is 10.7. The number of para-hydroxylation sites is 1. The number of carbonyl (C=O) groups is 3. The smallest absolute Gasteiger partial charge is 0.272 e. The molecule has 5 heterocycles. The Labute approximate surface area is 311 Å². The molecule has 2 saturated heterocycles. The molecule has 8 rings (SSSR count). The molecule has 2 aliphatic carbocycles. The number of rotatable bonds is 11. The first-order valence-corrected chi connectivity index (χ1v) is 18.3. The first-order chi connectivity index (χ1) is 25.5. The third-order valence-corrected chi connectivity index (χ3v) is 10.7. The van der Waals surface area contributed by atoms with E-state index in [0.29, 0.717) is 36.7 Å². The summed E-state index contributed by atoms with van der Waals surface area (Å²) < 4.78 is 2.04. The van der Waals surface area contributed by atoms with Gasteiger partial charge in [-0.1, -0.05) is 18.2 Å². The van der Waals surface area contributed by atoms with E-state index in [4.69, 9.17) is 32.3 Å². The fraction of sp³-hybridized carbons (Fsp3) is 0.432. The minimum atomic E-state index is -1.36. The molecule has 53 heavy (non-hydrogen) atoms. The number of hydrogen-bond acceptors (Lipinski definition) is 10. The Bertz CT molecular complexity index is 2020. The summed E-state index contributed by atoms with van der Waals surface area (Å²) in [7, 11) is 15.4. The number of carbonyl (C=O) groups excluding carboxylic acids is 3. The summed E-state index contributed by atoms with van der Waals surface area (Å²) in [6.45, 7) is 3.13. The molecule has 3 aromatic rings. The van der Waals surface area contributed by atoms with Crippen LogP contribution >= 0.6 is 0 Å². The van der Waals surface area contributed by atoms with Crippen LogP contribution in [0.25, 0.3) is 11.1 Å². The highest BCUT2D eigenvalue weighted by Crippen LogP contribution is 2.45. The number of likely N-dealkylation sites (tertiary alicyclic amines) is 2. The molecule has 4 fully saturated rings. The summed E-state index contributed by atoms with van der Waals surface area (Å²) in [6.07, 6.45) is 8.86. The van der Waals surface area contributed by atoms with Gasteiger partial charge in [0, 0.05) is 68.1 Å².